The van der Waals surface area contributed by atoms with Crippen molar-refractivity contribution in [1.82, 2.24) is 0 Å². The number of hydrogen-bond acceptors (Lipinski definition) is 6. The van der Waals surface area contributed by atoms with Gasteiger partial charge in [0.15, 0.2) is 11.6 Å². The van der Waals surface area contributed by atoms with Gasteiger partial charge in [-0.1, -0.05) is 6.92 Å². The Balaban J connectivity index is 0.000000219. The van der Waals surface area contributed by atoms with Crippen molar-refractivity contribution in [2.75, 3.05) is 33.0 Å². The Morgan fingerprint density at radius 2 is 1.52 bits per heavy atom. The average Bonchev–Trinajstić information content (AvgIpc) is 2.80. The van der Waals surface area contributed by atoms with Gasteiger partial charge >= 0.3 is 0 Å². The zero-order chi connectivity index (χ0) is 16.1. The third-order valence-electron chi connectivity index (χ3n) is 3.81. The average molecular weight is 306 g/mol. The molecule has 2 heterocycles. The van der Waals surface area contributed by atoms with Crippen LogP contribution >= 0.6 is 0 Å². The lowest BCUT2D eigenvalue weighted by atomic mass is 9.87. The second kappa shape index (κ2) is 7.35. The number of hydrogen-bond donors (Lipinski definition) is 2. The van der Waals surface area contributed by atoms with Crippen LogP contribution in [0.2, 0.25) is 0 Å². The Morgan fingerprint density at radius 1 is 0.952 bits per heavy atom. The molecular formula is C15H30O6. The molecule has 2 N–H and O–H groups in total. The van der Waals surface area contributed by atoms with Gasteiger partial charge in [0.2, 0.25) is 0 Å². The summed E-state index contributed by atoms with van der Waals surface area (Å²) in [6.07, 6.45) is 0.763. The van der Waals surface area contributed by atoms with Crippen molar-refractivity contribution in [3.63, 3.8) is 0 Å². The van der Waals surface area contributed by atoms with Crippen LogP contribution in [0.5, 0.6) is 0 Å². The first-order valence-corrected chi connectivity index (χ1v) is 7.49. The van der Waals surface area contributed by atoms with Crippen molar-refractivity contribution >= 4 is 0 Å². The Kier molecular flexibility index (Phi) is 6.58. The molecule has 0 aliphatic carbocycles. The van der Waals surface area contributed by atoms with Gasteiger partial charge in [0, 0.05) is 5.41 Å². The molecule has 2 aliphatic rings. The molecule has 2 aliphatic heterocycles. The Hall–Kier alpha value is -0.240. The first kappa shape index (κ1) is 18.8. The summed E-state index contributed by atoms with van der Waals surface area (Å²) in [6.45, 7) is 11.4. The van der Waals surface area contributed by atoms with Gasteiger partial charge in [0.05, 0.1) is 33.0 Å². The molecule has 0 aromatic heterocycles. The van der Waals surface area contributed by atoms with Gasteiger partial charge in [-0.2, -0.15) is 0 Å². The molecule has 6 nitrogen and oxygen atoms in total. The largest absolute Gasteiger partial charge is 0.396 e. The van der Waals surface area contributed by atoms with Crippen LogP contribution in [0.15, 0.2) is 0 Å². The first-order valence-electron chi connectivity index (χ1n) is 7.49. The fourth-order valence-electron chi connectivity index (χ4n) is 2.00. The SMILES string of the molecule is CC1(C)OCC(CO)O1.CCC1(CO)COC(C)(C)OC1. The molecule has 126 valence electrons. The van der Waals surface area contributed by atoms with E-state index < -0.39 is 11.6 Å². The molecule has 0 spiro atoms. The van der Waals surface area contributed by atoms with Gasteiger partial charge in [-0.05, 0) is 34.1 Å². The molecule has 6 heteroatoms. The minimum absolute atomic E-state index is 0.0451. The van der Waals surface area contributed by atoms with Gasteiger partial charge in [-0.25, -0.2) is 0 Å². The fourth-order valence-corrected chi connectivity index (χ4v) is 2.00. The highest BCUT2D eigenvalue weighted by Gasteiger charge is 2.38. The number of ether oxygens (including phenoxy) is 4. The van der Waals surface area contributed by atoms with Crippen LogP contribution < -0.4 is 0 Å². The Bertz CT molecular complexity index is 299. The Morgan fingerprint density at radius 3 is 1.81 bits per heavy atom. The first-order chi connectivity index (χ1) is 9.67. The van der Waals surface area contributed by atoms with Crippen LogP contribution in [0.1, 0.15) is 41.0 Å². The van der Waals surface area contributed by atoms with E-state index in [1.165, 1.54) is 0 Å². The molecule has 2 saturated heterocycles. The van der Waals surface area contributed by atoms with Crippen LogP contribution in [0.4, 0.5) is 0 Å². The van der Waals surface area contributed by atoms with E-state index in [-0.39, 0.29) is 24.7 Å². The predicted molar refractivity (Wildman–Crippen MR) is 77.8 cm³/mol. The van der Waals surface area contributed by atoms with Crippen molar-refractivity contribution in [2.24, 2.45) is 5.41 Å². The molecule has 0 bridgehead atoms. The summed E-state index contributed by atoms with van der Waals surface area (Å²) in [6, 6.07) is 0. The highest BCUT2D eigenvalue weighted by atomic mass is 16.7. The van der Waals surface area contributed by atoms with Crippen molar-refractivity contribution in [3.05, 3.63) is 0 Å². The molecule has 2 rings (SSSR count). The number of rotatable bonds is 3. The summed E-state index contributed by atoms with van der Waals surface area (Å²) in [5.74, 6) is -0.971. The van der Waals surface area contributed by atoms with E-state index in [1.54, 1.807) is 0 Å². The van der Waals surface area contributed by atoms with Gasteiger partial charge < -0.3 is 29.2 Å². The molecule has 0 radical (unpaired) electrons. The normalized spacial score (nSPS) is 29.6. The van der Waals surface area contributed by atoms with E-state index in [0.29, 0.717) is 19.8 Å². The standard InChI is InChI=1S/C9H18O3.C6H12O3/c1-4-9(5-10)6-11-8(2,3)12-7-9;1-6(2)8-4-5(3-7)9-6/h10H,4-7H2,1-3H3;5,7H,3-4H2,1-2H3. The van der Waals surface area contributed by atoms with Crippen LogP contribution in [-0.4, -0.2) is 60.9 Å². The van der Waals surface area contributed by atoms with Gasteiger partial charge in [-0.3, -0.25) is 0 Å². The lowest BCUT2D eigenvalue weighted by Gasteiger charge is -2.42. The number of aliphatic hydroxyl groups is 2. The van der Waals surface area contributed by atoms with Crippen molar-refractivity contribution < 1.29 is 29.2 Å². The lowest BCUT2D eigenvalue weighted by molar-refractivity contribution is -0.290. The smallest absolute Gasteiger partial charge is 0.163 e. The summed E-state index contributed by atoms with van der Waals surface area (Å²) in [5, 5.41) is 17.7. The van der Waals surface area contributed by atoms with Crippen LogP contribution in [0.25, 0.3) is 0 Å². The van der Waals surface area contributed by atoms with Gasteiger partial charge in [0.1, 0.15) is 6.10 Å². The quantitative estimate of drug-likeness (QED) is 0.818. The van der Waals surface area contributed by atoms with E-state index in [4.69, 9.17) is 29.2 Å². The fraction of sp³-hybridized carbons (Fsp3) is 1.00. The minimum Gasteiger partial charge on any atom is -0.396 e. The van der Waals surface area contributed by atoms with E-state index in [9.17, 15) is 0 Å². The van der Waals surface area contributed by atoms with Crippen LogP contribution in [-0.2, 0) is 18.9 Å². The number of aliphatic hydroxyl groups excluding tert-OH is 2. The summed E-state index contributed by atoms with van der Waals surface area (Å²) < 4.78 is 21.3. The molecule has 0 amide bonds. The third kappa shape index (κ3) is 5.81. The molecule has 0 saturated carbocycles. The van der Waals surface area contributed by atoms with Crippen molar-refractivity contribution in [3.8, 4) is 0 Å². The van der Waals surface area contributed by atoms with Crippen molar-refractivity contribution in [1.29, 1.82) is 0 Å². The van der Waals surface area contributed by atoms with Gasteiger partial charge in [0.25, 0.3) is 0 Å². The maximum absolute atomic E-state index is 9.15. The maximum atomic E-state index is 9.15. The zero-order valence-electron chi connectivity index (χ0n) is 13.8. The molecule has 1 unspecified atom stereocenters. The van der Waals surface area contributed by atoms with Crippen LogP contribution in [0.3, 0.4) is 0 Å². The minimum atomic E-state index is -0.493. The van der Waals surface area contributed by atoms with E-state index in [1.807, 2.05) is 34.6 Å². The summed E-state index contributed by atoms with van der Waals surface area (Å²) in [5.41, 5.74) is -0.171. The van der Waals surface area contributed by atoms with Gasteiger partial charge in [-0.15, -0.1) is 0 Å². The second-order valence-electron chi connectivity index (χ2n) is 6.62. The monoisotopic (exact) mass is 306 g/mol. The summed E-state index contributed by atoms with van der Waals surface area (Å²) in [7, 11) is 0. The molecule has 21 heavy (non-hydrogen) atoms. The topological polar surface area (TPSA) is 77.4 Å². The highest BCUT2D eigenvalue weighted by Crippen LogP contribution is 2.31. The van der Waals surface area contributed by atoms with E-state index in [2.05, 4.69) is 0 Å². The van der Waals surface area contributed by atoms with E-state index >= 15 is 0 Å². The Labute approximate surface area is 127 Å². The predicted octanol–water partition coefficient (Wildman–Crippen LogP) is 1.29. The third-order valence-corrected chi connectivity index (χ3v) is 3.81. The molecular weight excluding hydrogens is 276 g/mol. The van der Waals surface area contributed by atoms with Crippen molar-refractivity contribution in [2.45, 2.75) is 58.7 Å². The molecule has 1 atom stereocenters. The lowest BCUT2D eigenvalue weighted by Crippen LogP contribution is -2.48. The van der Waals surface area contributed by atoms with E-state index in [0.717, 1.165) is 6.42 Å². The second-order valence-corrected chi connectivity index (χ2v) is 6.62. The zero-order valence-corrected chi connectivity index (χ0v) is 13.8. The molecule has 2 fully saturated rings. The van der Waals surface area contributed by atoms with Crippen LogP contribution in [0, 0.1) is 5.41 Å². The summed E-state index contributed by atoms with van der Waals surface area (Å²) in [4.78, 5) is 0. The highest BCUT2D eigenvalue weighted by molar-refractivity contribution is 4.81. The molecule has 0 aromatic rings. The maximum Gasteiger partial charge on any atom is 0.163 e. The molecule has 0 aromatic carbocycles. The summed E-state index contributed by atoms with van der Waals surface area (Å²) >= 11 is 0.